The molecular formula is C18H25N5O7. The lowest BCUT2D eigenvalue weighted by atomic mass is 10.0. The van der Waals surface area contributed by atoms with Crippen molar-refractivity contribution in [3.05, 3.63) is 29.8 Å². The Morgan fingerprint density at radius 3 is 2.13 bits per heavy atom. The van der Waals surface area contributed by atoms with Gasteiger partial charge in [0, 0.05) is 12.8 Å². The molecule has 0 aliphatic rings. The van der Waals surface area contributed by atoms with Crippen LogP contribution in [-0.2, 0) is 30.4 Å². The molecule has 0 aliphatic carbocycles. The molecule has 0 unspecified atom stereocenters. The summed E-state index contributed by atoms with van der Waals surface area (Å²) < 4.78 is 0. The van der Waals surface area contributed by atoms with Crippen molar-refractivity contribution in [3.8, 4) is 5.75 Å². The monoisotopic (exact) mass is 423 g/mol. The lowest BCUT2D eigenvalue weighted by molar-refractivity contribution is -0.142. The Hall–Kier alpha value is -3.67. The molecule has 12 heteroatoms. The minimum absolute atomic E-state index is 0.00526. The third-order valence-corrected chi connectivity index (χ3v) is 3.95. The van der Waals surface area contributed by atoms with Crippen molar-refractivity contribution in [1.29, 1.82) is 0 Å². The highest BCUT2D eigenvalue weighted by atomic mass is 16.4. The summed E-state index contributed by atoms with van der Waals surface area (Å²) in [4.78, 5) is 58.2. The zero-order chi connectivity index (χ0) is 22.7. The topological polar surface area (TPSA) is 214 Å². The van der Waals surface area contributed by atoms with Gasteiger partial charge in [-0.1, -0.05) is 12.1 Å². The van der Waals surface area contributed by atoms with Crippen LogP contribution >= 0.6 is 0 Å². The van der Waals surface area contributed by atoms with Crippen LogP contribution in [0.25, 0.3) is 0 Å². The molecule has 0 fully saturated rings. The Kier molecular flexibility index (Phi) is 9.76. The van der Waals surface area contributed by atoms with Crippen LogP contribution < -0.4 is 27.4 Å². The molecule has 1 aromatic carbocycles. The first-order valence-electron chi connectivity index (χ1n) is 8.98. The molecule has 0 heterocycles. The van der Waals surface area contributed by atoms with Crippen LogP contribution in [0.4, 0.5) is 0 Å². The van der Waals surface area contributed by atoms with Crippen LogP contribution in [0.5, 0.6) is 5.75 Å². The highest BCUT2D eigenvalue weighted by Crippen LogP contribution is 2.12. The summed E-state index contributed by atoms with van der Waals surface area (Å²) in [5, 5.41) is 25.6. The van der Waals surface area contributed by atoms with Gasteiger partial charge in [0.2, 0.25) is 23.6 Å². The van der Waals surface area contributed by atoms with E-state index in [0.29, 0.717) is 5.56 Å². The van der Waals surface area contributed by atoms with Gasteiger partial charge in [0.15, 0.2) is 0 Å². The molecule has 30 heavy (non-hydrogen) atoms. The lowest BCUT2D eigenvalue weighted by Crippen LogP contribution is -2.54. The average Bonchev–Trinajstić information content (AvgIpc) is 2.69. The zero-order valence-corrected chi connectivity index (χ0v) is 16.1. The van der Waals surface area contributed by atoms with Crippen molar-refractivity contribution in [3.63, 3.8) is 0 Å². The van der Waals surface area contributed by atoms with Crippen molar-refractivity contribution in [2.24, 2.45) is 11.5 Å². The van der Waals surface area contributed by atoms with Gasteiger partial charge in [-0.05, 0) is 24.1 Å². The summed E-state index contributed by atoms with van der Waals surface area (Å²) in [7, 11) is 0. The Labute approximate surface area is 172 Å². The Balaban J connectivity index is 2.90. The summed E-state index contributed by atoms with van der Waals surface area (Å²) in [6.07, 6.45) is -0.495. The van der Waals surface area contributed by atoms with Crippen LogP contribution in [-0.4, -0.2) is 65.0 Å². The predicted molar refractivity (Wildman–Crippen MR) is 104 cm³/mol. The fraction of sp³-hybridized carbons (Fsp3) is 0.389. The number of amides is 4. The van der Waals surface area contributed by atoms with E-state index in [4.69, 9.17) is 11.5 Å². The summed E-state index contributed by atoms with van der Waals surface area (Å²) in [5.74, 6) is -4.15. The maximum Gasteiger partial charge on any atom is 0.326 e. The van der Waals surface area contributed by atoms with E-state index < -0.39 is 48.2 Å². The van der Waals surface area contributed by atoms with E-state index in [9.17, 15) is 34.2 Å². The number of carboxylic acids is 1. The first kappa shape index (κ1) is 24.4. The maximum absolute atomic E-state index is 12.6. The van der Waals surface area contributed by atoms with E-state index in [1.54, 1.807) is 0 Å². The van der Waals surface area contributed by atoms with E-state index in [0.717, 1.165) is 0 Å². The van der Waals surface area contributed by atoms with E-state index in [1.165, 1.54) is 24.3 Å². The van der Waals surface area contributed by atoms with Crippen LogP contribution in [0.1, 0.15) is 18.4 Å². The lowest BCUT2D eigenvalue weighted by Gasteiger charge is -2.21. The number of carbonyl (C=O) groups is 5. The SMILES string of the molecule is NCC(=O)NCC(=O)N[C@@H](Cc1ccc(O)cc1)C(=O)N[C@@H](CCC(N)=O)C(=O)O. The third kappa shape index (κ3) is 9.01. The summed E-state index contributed by atoms with van der Waals surface area (Å²) in [6.45, 7) is -0.746. The number of phenols is 1. The number of phenolic OH excluding ortho intramolecular Hbond substituents is 1. The van der Waals surface area contributed by atoms with Crippen LogP contribution in [0.15, 0.2) is 24.3 Å². The normalized spacial score (nSPS) is 12.3. The smallest absolute Gasteiger partial charge is 0.326 e. The number of benzene rings is 1. The van der Waals surface area contributed by atoms with E-state index in [2.05, 4.69) is 16.0 Å². The molecule has 1 rings (SSSR count). The first-order chi connectivity index (χ1) is 14.1. The molecule has 0 aromatic heterocycles. The molecule has 12 nitrogen and oxygen atoms in total. The fourth-order valence-electron chi connectivity index (χ4n) is 2.39. The molecule has 0 saturated carbocycles. The number of primary amides is 1. The van der Waals surface area contributed by atoms with Crippen LogP contribution in [0.2, 0.25) is 0 Å². The van der Waals surface area contributed by atoms with Crippen LogP contribution in [0.3, 0.4) is 0 Å². The minimum Gasteiger partial charge on any atom is -0.508 e. The van der Waals surface area contributed by atoms with Crippen molar-refractivity contribution in [2.45, 2.75) is 31.3 Å². The predicted octanol–water partition coefficient (Wildman–Crippen LogP) is -2.67. The van der Waals surface area contributed by atoms with Crippen molar-refractivity contribution in [1.82, 2.24) is 16.0 Å². The number of carboxylic acid groups (broad SMARTS) is 1. The second-order valence-electron chi connectivity index (χ2n) is 6.38. The summed E-state index contributed by atoms with van der Waals surface area (Å²) in [6, 6.07) is 3.26. The van der Waals surface area contributed by atoms with Crippen LogP contribution in [0, 0.1) is 0 Å². The number of aliphatic carboxylic acids is 1. The van der Waals surface area contributed by atoms with Crippen molar-refractivity contribution < 1.29 is 34.2 Å². The van der Waals surface area contributed by atoms with E-state index >= 15 is 0 Å². The first-order valence-corrected chi connectivity index (χ1v) is 8.98. The minimum atomic E-state index is -1.39. The van der Waals surface area contributed by atoms with Gasteiger partial charge in [-0.15, -0.1) is 0 Å². The average molecular weight is 423 g/mol. The van der Waals surface area contributed by atoms with Gasteiger partial charge in [0.25, 0.3) is 0 Å². The van der Waals surface area contributed by atoms with E-state index in [-0.39, 0.29) is 31.6 Å². The maximum atomic E-state index is 12.6. The number of aromatic hydroxyl groups is 1. The molecule has 0 aliphatic heterocycles. The Morgan fingerprint density at radius 1 is 0.967 bits per heavy atom. The molecule has 164 valence electrons. The second-order valence-corrected chi connectivity index (χ2v) is 6.38. The largest absolute Gasteiger partial charge is 0.508 e. The van der Waals surface area contributed by atoms with Gasteiger partial charge in [0.05, 0.1) is 13.1 Å². The highest BCUT2D eigenvalue weighted by Gasteiger charge is 2.27. The summed E-state index contributed by atoms with van der Waals surface area (Å²) >= 11 is 0. The van der Waals surface area contributed by atoms with Gasteiger partial charge in [0.1, 0.15) is 17.8 Å². The number of hydrogen-bond acceptors (Lipinski definition) is 7. The zero-order valence-electron chi connectivity index (χ0n) is 16.1. The number of carbonyl (C=O) groups excluding carboxylic acids is 4. The molecular weight excluding hydrogens is 398 g/mol. The van der Waals surface area contributed by atoms with Gasteiger partial charge < -0.3 is 37.6 Å². The molecule has 4 amide bonds. The number of nitrogens with one attached hydrogen (secondary N) is 3. The third-order valence-electron chi connectivity index (χ3n) is 3.95. The molecule has 2 atom stereocenters. The molecule has 9 N–H and O–H groups in total. The van der Waals surface area contributed by atoms with Gasteiger partial charge >= 0.3 is 5.97 Å². The van der Waals surface area contributed by atoms with E-state index in [1.807, 2.05) is 0 Å². The highest BCUT2D eigenvalue weighted by molar-refractivity contribution is 5.92. The quantitative estimate of drug-likeness (QED) is 0.188. The van der Waals surface area contributed by atoms with Gasteiger partial charge in [-0.3, -0.25) is 19.2 Å². The molecule has 1 aromatic rings. The number of nitrogens with two attached hydrogens (primary N) is 2. The molecule has 0 saturated heterocycles. The molecule has 0 radical (unpaired) electrons. The van der Waals surface area contributed by atoms with Crippen molar-refractivity contribution >= 4 is 29.6 Å². The number of hydrogen-bond donors (Lipinski definition) is 7. The van der Waals surface area contributed by atoms with Crippen molar-refractivity contribution in [2.75, 3.05) is 13.1 Å². The number of rotatable bonds is 12. The van der Waals surface area contributed by atoms with Gasteiger partial charge in [-0.2, -0.15) is 0 Å². The fourth-order valence-corrected chi connectivity index (χ4v) is 2.39. The summed E-state index contributed by atoms with van der Waals surface area (Å²) in [5.41, 5.74) is 10.7. The van der Waals surface area contributed by atoms with Gasteiger partial charge in [-0.25, -0.2) is 4.79 Å². The standard InChI is InChI=1S/C18H25N5O7/c19-8-15(26)21-9-16(27)22-13(7-10-1-3-11(24)4-2-10)17(28)23-12(18(29)30)5-6-14(20)25/h1-4,12-13,24H,5-9,19H2,(H2,20,25)(H,21,26)(H,22,27)(H,23,28)(H,29,30)/t12-,13-/m0/s1. The second kappa shape index (κ2) is 12.0. The molecule has 0 spiro atoms. The Morgan fingerprint density at radius 2 is 1.60 bits per heavy atom. The molecule has 0 bridgehead atoms. The Bertz CT molecular complexity index is 782.